The molecule has 0 spiro atoms. The molecular formula is C23H22N2O3. The fourth-order valence-electron chi connectivity index (χ4n) is 3.86. The van der Waals surface area contributed by atoms with Crippen molar-refractivity contribution < 1.29 is 14.4 Å². The third kappa shape index (κ3) is 3.24. The summed E-state index contributed by atoms with van der Waals surface area (Å²) in [5.74, 6) is -0.364. The lowest BCUT2D eigenvalue weighted by Gasteiger charge is -2.34. The summed E-state index contributed by atoms with van der Waals surface area (Å²) in [6.07, 6.45) is 3.13. The van der Waals surface area contributed by atoms with Gasteiger partial charge in [-0.1, -0.05) is 36.4 Å². The molecule has 4 rings (SSSR count). The Bertz CT molecular complexity index is 1000. The predicted molar refractivity (Wildman–Crippen MR) is 108 cm³/mol. The van der Waals surface area contributed by atoms with Crippen LogP contribution in [0, 0.1) is 0 Å². The zero-order valence-corrected chi connectivity index (χ0v) is 15.8. The highest BCUT2D eigenvalue weighted by Crippen LogP contribution is 2.31. The normalized spacial score (nSPS) is 16.8. The van der Waals surface area contributed by atoms with Gasteiger partial charge >= 0.3 is 0 Å². The minimum Gasteiger partial charge on any atom is -0.367 e. The van der Waals surface area contributed by atoms with Gasteiger partial charge in [0.15, 0.2) is 5.78 Å². The van der Waals surface area contributed by atoms with E-state index in [0.29, 0.717) is 33.8 Å². The second-order valence-corrected chi connectivity index (χ2v) is 7.24. The van der Waals surface area contributed by atoms with Crippen LogP contribution in [-0.4, -0.2) is 35.3 Å². The smallest absolute Gasteiger partial charge is 0.212 e. The second kappa shape index (κ2) is 7.43. The van der Waals surface area contributed by atoms with Crippen molar-refractivity contribution >= 4 is 23.0 Å². The maximum Gasteiger partial charge on any atom is 0.212 e. The van der Waals surface area contributed by atoms with Crippen molar-refractivity contribution in [3.05, 3.63) is 76.6 Å². The molecule has 5 nitrogen and oxygen atoms in total. The van der Waals surface area contributed by atoms with Crippen molar-refractivity contribution in [1.82, 2.24) is 4.90 Å². The van der Waals surface area contributed by atoms with Crippen molar-refractivity contribution in [3.8, 4) is 0 Å². The number of allylic oxidation sites excluding steroid dienone is 2. The summed E-state index contributed by atoms with van der Waals surface area (Å²) in [5, 5.41) is 3.16. The molecule has 1 N–H and O–H groups in total. The van der Waals surface area contributed by atoms with Crippen molar-refractivity contribution in [1.29, 1.82) is 0 Å². The van der Waals surface area contributed by atoms with Crippen LogP contribution in [0.5, 0.6) is 0 Å². The quantitative estimate of drug-likeness (QED) is 0.817. The highest BCUT2D eigenvalue weighted by atomic mass is 16.1. The average Bonchev–Trinajstić information content (AvgIpc) is 2.73. The van der Waals surface area contributed by atoms with Crippen molar-refractivity contribution in [2.75, 3.05) is 18.4 Å². The molecule has 1 aliphatic heterocycles. The number of hydrogen-bond donors (Lipinski definition) is 1. The molecule has 1 saturated heterocycles. The summed E-state index contributed by atoms with van der Waals surface area (Å²) in [4.78, 5) is 40.3. The largest absolute Gasteiger partial charge is 0.367 e. The minimum atomic E-state index is -0.191. The van der Waals surface area contributed by atoms with Gasteiger partial charge in [-0.25, -0.2) is 0 Å². The molecule has 2 aromatic carbocycles. The van der Waals surface area contributed by atoms with E-state index >= 15 is 0 Å². The maximum atomic E-state index is 13.3. The molecule has 1 fully saturated rings. The van der Waals surface area contributed by atoms with Crippen LogP contribution in [0.4, 0.5) is 5.69 Å². The molecule has 5 heteroatoms. The van der Waals surface area contributed by atoms with E-state index in [1.807, 2.05) is 4.90 Å². The van der Waals surface area contributed by atoms with E-state index in [9.17, 15) is 14.4 Å². The Morgan fingerprint density at radius 1 is 0.893 bits per heavy atom. The van der Waals surface area contributed by atoms with E-state index in [2.05, 4.69) is 5.32 Å². The Labute approximate surface area is 164 Å². The van der Waals surface area contributed by atoms with Gasteiger partial charge in [-0.05, 0) is 38.3 Å². The Morgan fingerprint density at radius 2 is 1.57 bits per heavy atom. The summed E-state index contributed by atoms with van der Waals surface area (Å²) in [6, 6.07) is 14.0. The first-order valence-corrected chi connectivity index (χ1v) is 9.62. The molecule has 0 saturated carbocycles. The number of rotatable bonds is 4. The number of nitrogens with zero attached hydrogens (tertiary/aromatic N) is 1. The van der Waals surface area contributed by atoms with E-state index < -0.39 is 0 Å². The molecular weight excluding hydrogens is 352 g/mol. The van der Waals surface area contributed by atoms with Crippen LogP contribution in [0.15, 0.2) is 59.9 Å². The van der Waals surface area contributed by atoms with Gasteiger partial charge in [-0.15, -0.1) is 0 Å². The predicted octanol–water partition coefficient (Wildman–Crippen LogP) is 4.08. The van der Waals surface area contributed by atoms with Crippen LogP contribution in [0.3, 0.4) is 0 Å². The lowest BCUT2D eigenvalue weighted by Crippen LogP contribution is -2.39. The molecule has 0 bridgehead atoms. The van der Waals surface area contributed by atoms with E-state index in [4.69, 9.17) is 0 Å². The molecule has 28 heavy (non-hydrogen) atoms. The van der Waals surface area contributed by atoms with E-state index in [0.717, 1.165) is 32.4 Å². The van der Waals surface area contributed by atoms with Crippen LogP contribution in [-0.2, 0) is 0 Å². The van der Waals surface area contributed by atoms with Gasteiger partial charge in [0.1, 0.15) is 11.4 Å². The SMILES string of the molecule is CC(=O)c1cccc(NC2=C(N3CCCCC3)C(=O)c3ccccc3C2=O)c1. The van der Waals surface area contributed by atoms with Gasteiger partial charge in [-0.3, -0.25) is 14.4 Å². The fraction of sp³-hybridized carbons (Fsp3) is 0.261. The van der Waals surface area contributed by atoms with Gasteiger partial charge < -0.3 is 10.2 Å². The third-order valence-electron chi connectivity index (χ3n) is 5.31. The number of hydrogen-bond acceptors (Lipinski definition) is 5. The van der Waals surface area contributed by atoms with Crippen LogP contribution in [0.25, 0.3) is 0 Å². The van der Waals surface area contributed by atoms with Gasteiger partial charge in [-0.2, -0.15) is 0 Å². The van der Waals surface area contributed by atoms with Crippen LogP contribution in [0.1, 0.15) is 57.3 Å². The zero-order valence-electron chi connectivity index (χ0n) is 15.8. The first-order valence-electron chi connectivity index (χ1n) is 9.62. The lowest BCUT2D eigenvalue weighted by atomic mass is 9.89. The third-order valence-corrected chi connectivity index (χ3v) is 5.31. The Kier molecular flexibility index (Phi) is 4.82. The molecule has 0 atom stereocenters. The second-order valence-electron chi connectivity index (χ2n) is 7.24. The minimum absolute atomic E-state index is 0.0507. The maximum absolute atomic E-state index is 13.3. The Balaban J connectivity index is 1.81. The first-order chi connectivity index (χ1) is 13.6. The standard InChI is InChI=1S/C23H22N2O3/c1-15(26)16-8-7-9-17(14-16)24-20-21(25-12-5-2-6-13-25)23(28)19-11-4-3-10-18(19)22(20)27/h3-4,7-11,14,24H,2,5-6,12-13H2,1H3. The van der Waals surface area contributed by atoms with Crippen molar-refractivity contribution in [2.24, 2.45) is 0 Å². The molecule has 0 aromatic heterocycles. The van der Waals surface area contributed by atoms with Crippen LogP contribution >= 0.6 is 0 Å². The number of carbonyl (C=O) groups is 3. The number of nitrogens with one attached hydrogen (secondary N) is 1. The molecule has 1 aliphatic carbocycles. The number of carbonyl (C=O) groups excluding carboxylic acids is 3. The number of likely N-dealkylation sites (tertiary alicyclic amines) is 1. The molecule has 2 aliphatic rings. The van der Waals surface area contributed by atoms with Gasteiger partial charge in [0, 0.05) is 35.5 Å². The summed E-state index contributed by atoms with van der Waals surface area (Å²) in [5.41, 5.74) is 2.79. The number of benzene rings is 2. The summed E-state index contributed by atoms with van der Waals surface area (Å²) in [6.45, 7) is 3.02. The van der Waals surface area contributed by atoms with Crippen molar-refractivity contribution in [2.45, 2.75) is 26.2 Å². The number of anilines is 1. The highest BCUT2D eigenvalue weighted by molar-refractivity contribution is 6.27. The molecule has 142 valence electrons. The Hall–Kier alpha value is -3.21. The van der Waals surface area contributed by atoms with Crippen LogP contribution < -0.4 is 5.32 Å². The molecule has 0 radical (unpaired) electrons. The zero-order chi connectivity index (χ0) is 19.7. The lowest BCUT2D eigenvalue weighted by molar-refractivity contribution is 0.0934. The summed E-state index contributed by atoms with van der Waals surface area (Å²) < 4.78 is 0. The van der Waals surface area contributed by atoms with E-state index in [1.165, 1.54) is 6.92 Å². The molecule has 0 unspecified atom stereocenters. The molecule has 0 amide bonds. The number of Topliss-reactive ketones (excluding diaryl/α,β-unsaturated/α-hetero) is 3. The van der Waals surface area contributed by atoms with E-state index in [-0.39, 0.29) is 17.3 Å². The number of ketones is 3. The number of piperidine rings is 1. The average molecular weight is 374 g/mol. The van der Waals surface area contributed by atoms with Crippen LogP contribution in [0.2, 0.25) is 0 Å². The van der Waals surface area contributed by atoms with Gasteiger partial charge in [0.25, 0.3) is 0 Å². The van der Waals surface area contributed by atoms with Crippen molar-refractivity contribution in [3.63, 3.8) is 0 Å². The Morgan fingerprint density at radius 3 is 2.25 bits per heavy atom. The van der Waals surface area contributed by atoms with Gasteiger partial charge in [0.2, 0.25) is 11.6 Å². The first kappa shape index (κ1) is 18.2. The highest BCUT2D eigenvalue weighted by Gasteiger charge is 2.35. The molecule has 2 aromatic rings. The summed E-state index contributed by atoms with van der Waals surface area (Å²) >= 11 is 0. The fourth-order valence-corrected chi connectivity index (χ4v) is 3.86. The molecule has 1 heterocycles. The number of fused-ring (bicyclic) bond motifs is 1. The topological polar surface area (TPSA) is 66.5 Å². The monoisotopic (exact) mass is 374 g/mol. The van der Waals surface area contributed by atoms with Gasteiger partial charge in [0.05, 0.1) is 0 Å². The summed E-state index contributed by atoms with van der Waals surface area (Å²) in [7, 11) is 0. The van der Waals surface area contributed by atoms with E-state index in [1.54, 1.807) is 48.5 Å².